The van der Waals surface area contributed by atoms with Crippen LogP contribution in [0.25, 0.3) is 16.8 Å². The van der Waals surface area contributed by atoms with E-state index in [1.54, 1.807) is 10.9 Å². The van der Waals surface area contributed by atoms with Gasteiger partial charge in [-0.1, -0.05) is 35.5 Å². The molecule has 190 valence electrons. The van der Waals surface area contributed by atoms with Crippen LogP contribution in [0.5, 0.6) is 0 Å². The molecule has 4 aromatic rings. The third-order valence-electron chi connectivity index (χ3n) is 7.21. The van der Waals surface area contributed by atoms with Gasteiger partial charge in [0.05, 0.1) is 43.6 Å². The van der Waals surface area contributed by atoms with Crippen molar-refractivity contribution in [3.63, 3.8) is 0 Å². The van der Waals surface area contributed by atoms with Crippen LogP contribution >= 0.6 is 0 Å². The number of aryl methyl sites for hydroxylation is 1. The lowest BCUT2D eigenvalue weighted by molar-refractivity contribution is 0.0342. The summed E-state index contributed by atoms with van der Waals surface area (Å²) in [6.45, 7) is 4.41. The van der Waals surface area contributed by atoms with E-state index in [1.807, 2.05) is 30.1 Å². The first-order chi connectivity index (χ1) is 18.1. The first-order valence-electron chi connectivity index (χ1n) is 12.6. The monoisotopic (exact) mass is 498 g/mol. The van der Waals surface area contributed by atoms with Crippen molar-refractivity contribution in [2.75, 3.05) is 33.4 Å². The number of benzene rings is 2. The Kier molecular flexibility index (Phi) is 6.31. The molecule has 1 aliphatic carbocycles. The SMILES string of the molecule is COC(=O)c1cnn(-c2cccc(-c3cccc(CN4CCOCC4)c3)c2)c1C1CC1c1cn(C)nn1. The van der Waals surface area contributed by atoms with Crippen molar-refractivity contribution < 1.29 is 14.3 Å². The molecule has 2 atom stereocenters. The summed E-state index contributed by atoms with van der Waals surface area (Å²) in [5, 5.41) is 13.0. The zero-order valence-electron chi connectivity index (χ0n) is 21.1. The van der Waals surface area contributed by atoms with Gasteiger partial charge in [0, 0.05) is 44.7 Å². The molecule has 0 spiro atoms. The van der Waals surface area contributed by atoms with E-state index in [4.69, 9.17) is 9.47 Å². The lowest BCUT2D eigenvalue weighted by Gasteiger charge is -2.26. The highest BCUT2D eigenvalue weighted by atomic mass is 16.5. The Morgan fingerprint density at radius 1 is 1.08 bits per heavy atom. The maximum atomic E-state index is 12.6. The highest BCUT2D eigenvalue weighted by Gasteiger charge is 2.46. The van der Waals surface area contributed by atoms with E-state index in [2.05, 4.69) is 56.7 Å². The predicted molar refractivity (Wildman–Crippen MR) is 138 cm³/mol. The van der Waals surface area contributed by atoms with E-state index in [0.29, 0.717) is 5.56 Å². The van der Waals surface area contributed by atoms with Crippen LogP contribution in [0.3, 0.4) is 0 Å². The first kappa shape index (κ1) is 23.6. The van der Waals surface area contributed by atoms with Gasteiger partial charge in [0.2, 0.25) is 0 Å². The van der Waals surface area contributed by atoms with Crippen molar-refractivity contribution in [2.45, 2.75) is 24.8 Å². The second-order valence-electron chi connectivity index (χ2n) is 9.75. The number of hydrogen-bond donors (Lipinski definition) is 0. The number of carbonyl (C=O) groups excluding carboxylic acids is 1. The lowest BCUT2D eigenvalue weighted by atomic mass is 10.0. The number of aromatic nitrogens is 5. The van der Waals surface area contributed by atoms with Gasteiger partial charge >= 0.3 is 5.97 Å². The van der Waals surface area contributed by atoms with Gasteiger partial charge in [-0.3, -0.25) is 9.58 Å². The van der Waals surface area contributed by atoms with Gasteiger partial charge in [-0.05, 0) is 41.3 Å². The number of carbonyl (C=O) groups is 1. The number of methoxy groups -OCH3 is 1. The Labute approximate surface area is 215 Å². The van der Waals surface area contributed by atoms with Crippen molar-refractivity contribution in [1.82, 2.24) is 29.7 Å². The quantitative estimate of drug-likeness (QED) is 0.360. The molecule has 2 fully saturated rings. The molecule has 2 aliphatic rings. The van der Waals surface area contributed by atoms with Crippen molar-refractivity contribution in [2.24, 2.45) is 7.05 Å². The topological polar surface area (TPSA) is 87.3 Å². The molecule has 1 saturated heterocycles. The molecule has 1 saturated carbocycles. The molecule has 3 heterocycles. The summed E-state index contributed by atoms with van der Waals surface area (Å²) < 4.78 is 14.2. The minimum absolute atomic E-state index is 0.119. The molecule has 2 aromatic carbocycles. The molecular formula is C28H30N6O3. The molecule has 2 unspecified atom stereocenters. The van der Waals surface area contributed by atoms with Gasteiger partial charge in [-0.25, -0.2) is 9.48 Å². The fraction of sp³-hybridized carbons (Fsp3) is 0.357. The van der Waals surface area contributed by atoms with Gasteiger partial charge in [0.15, 0.2) is 0 Å². The smallest absolute Gasteiger partial charge is 0.341 e. The van der Waals surface area contributed by atoms with Crippen LogP contribution < -0.4 is 0 Å². The minimum atomic E-state index is -0.377. The summed E-state index contributed by atoms with van der Waals surface area (Å²) in [7, 11) is 3.26. The lowest BCUT2D eigenvalue weighted by Crippen LogP contribution is -2.35. The van der Waals surface area contributed by atoms with Gasteiger partial charge in [-0.2, -0.15) is 5.10 Å². The Balaban J connectivity index is 1.31. The van der Waals surface area contributed by atoms with Crippen LogP contribution in [0.15, 0.2) is 60.9 Å². The summed E-state index contributed by atoms with van der Waals surface area (Å²) in [6.07, 6.45) is 4.44. The second kappa shape index (κ2) is 9.91. The van der Waals surface area contributed by atoms with Crippen molar-refractivity contribution in [3.05, 3.63) is 83.4 Å². The van der Waals surface area contributed by atoms with Crippen molar-refractivity contribution in [1.29, 1.82) is 0 Å². The van der Waals surface area contributed by atoms with E-state index in [9.17, 15) is 4.79 Å². The largest absolute Gasteiger partial charge is 0.465 e. The average molecular weight is 499 g/mol. The molecule has 9 nitrogen and oxygen atoms in total. The highest BCUT2D eigenvalue weighted by molar-refractivity contribution is 5.91. The summed E-state index contributed by atoms with van der Waals surface area (Å²) in [4.78, 5) is 15.1. The summed E-state index contributed by atoms with van der Waals surface area (Å²) in [5.74, 6) is -0.0561. The van der Waals surface area contributed by atoms with Gasteiger partial charge in [-0.15, -0.1) is 5.10 Å². The number of rotatable bonds is 7. The van der Waals surface area contributed by atoms with E-state index in [-0.39, 0.29) is 17.8 Å². The first-order valence-corrected chi connectivity index (χ1v) is 12.6. The second-order valence-corrected chi connectivity index (χ2v) is 9.75. The van der Waals surface area contributed by atoms with Crippen LogP contribution in [0.1, 0.15) is 45.6 Å². The van der Waals surface area contributed by atoms with E-state index < -0.39 is 0 Å². The summed E-state index contributed by atoms with van der Waals surface area (Å²) in [5.41, 5.74) is 6.73. The predicted octanol–water partition coefficient (Wildman–Crippen LogP) is 3.56. The normalized spacial score (nSPS) is 19.6. The molecule has 0 bridgehead atoms. The van der Waals surface area contributed by atoms with E-state index >= 15 is 0 Å². The molecule has 0 amide bonds. The summed E-state index contributed by atoms with van der Waals surface area (Å²) in [6, 6.07) is 17.0. The van der Waals surface area contributed by atoms with Gasteiger partial charge in [0.25, 0.3) is 0 Å². The van der Waals surface area contributed by atoms with Gasteiger partial charge in [0.1, 0.15) is 5.56 Å². The van der Waals surface area contributed by atoms with E-state index in [1.165, 1.54) is 12.7 Å². The number of ether oxygens (including phenoxy) is 2. The third-order valence-corrected chi connectivity index (χ3v) is 7.21. The zero-order chi connectivity index (χ0) is 25.4. The minimum Gasteiger partial charge on any atom is -0.465 e. The van der Waals surface area contributed by atoms with Crippen LogP contribution in [-0.2, 0) is 23.1 Å². The van der Waals surface area contributed by atoms with Crippen LogP contribution in [0.4, 0.5) is 0 Å². The van der Waals surface area contributed by atoms with Crippen molar-refractivity contribution in [3.8, 4) is 16.8 Å². The number of morpholine rings is 1. The molecule has 1 aliphatic heterocycles. The van der Waals surface area contributed by atoms with Crippen LogP contribution in [-0.4, -0.2) is 69.1 Å². The summed E-state index contributed by atoms with van der Waals surface area (Å²) >= 11 is 0. The fourth-order valence-corrected chi connectivity index (χ4v) is 5.23. The Hall–Kier alpha value is -3.82. The molecule has 37 heavy (non-hydrogen) atoms. The highest BCUT2D eigenvalue weighted by Crippen LogP contribution is 2.55. The van der Waals surface area contributed by atoms with Crippen LogP contribution in [0, 0.1) is 0 Å². The maximum Gasteiger partial charge on any atom is 0.341 e. The molecule has 6 rings (SSSR count). The van der Waals surface area contributed by atoms with Gasteiger partial charge < -0.3 is 9.47 Å². The molecular weight excluding hydrogens is 468 g/mol. The average Bonchev–Trinajstić information content (AvgIpc) is 3.38. The maximum absolute atomic E-state index is 12.6. The van der Waals surface area contributed by atoms with Crippen molar-refractivity contribution >= 4 is 5.97 Å². The third kappa shape index (κ3) is 4.80. The standard InChI is InChI=1S/C28H30N6O3/c1-32-18-26(30-31-32)23-15-24(23)27-25(28(35)36-2)16-29-34(27)22-8-4-7-21(14-22)20-6-3-5-19(13-20)17-33-9-11-37-12-10-33/h3-8,13-14,16,18,23-24H,9-12,15,17H2,1-2H3. The molecule has 0 radical (unpaired) electrons. The fourth-order valence-electron chi connectivity index (χ4n) is 5.23. The number of esters is 1. The van der Waals surface area contributed by atoms with Crippen LogP contribution in [0.2, 0.25) is 0 Å². The Bertz CT molecular complexity index is 1420. The zero-order valence-corrected chi connectivity index (χ0v) is 21.1. The number of hydrogen-bond acceptors (Lipinski definition) is 7. The van der Waals surface area contributed by atoms with E-state index in [0.717, 1.165) is 67.5 Å². The number of nitrogens with zero attached hydrogens (tertiary/aromatic N) is 6. The Morgan fingerprint density at radius 2 is 1.86 bits per heavy atom. The molecule has 9 heteroatoms. The molecule has 2 aromatic heterocycles. The Morgan fingerprint density at radius 3 is 2.62 bits per heavy atom. The molecule has 0 N–H and O–H groups in total.